The predicted octanol–water partition coefficient (Wildman–Crippen LogP) is 2.34. The van der Waals surface area contributed by atoms with E-state index in [1.807, 2.05) is 24.3 Å². The molecule has 0 aliphatic heterocycles. The zero-order valence-corrected chi connectivity index (χ0v) is 12.9. The quantitative estimate of drug-likeness (QED) is 0.591. The molecule has 1 unspecified atom stereocenters. The van der Waals surface area contributed by atoms with Crippen LogP contribution in [0.3, 0.4) is 0 Å². The van der Waals surface area contributed by atoms with Crippen molar-refractivity contribution in [1.29, 1.82) is 0 Å². The monoisotopic (exact) mass is 327 g/mol. The van der Waals surface area contributed by atoms with Gasteiger partial charge in [0.1, 0.15) is 0 Å². The molecule has 3 nitrogen and oxygen atoms in total. The standard InChI is InChI=1S/C16H14AsNO2/c19-15(20)8-9-17-13-6-3-5-12-10-11-4-1-2-7-14(11)18-16(12)13/h1-7,10,17H,8-9H2,(H,19,20). The van der Waals surface area contributed by atoms with Crippen LogP contribution in [0.5, 0.6) is 0 Å². The molecule has 0 aliphatic rings. The van der Waals surface area contributed by atoms with E-state index in [1.165, 1.54) is 4.35 Å². The summed E-state index contributed by atoms with van der Waals surface area (Å²) in [5.41, 5.74) is 2.04. The molecule has 3 aromatic rings. The third-order valence-electron chi connectivity index (χ3n) is 3.20. The van der Waals surface area contributed by atoms with Crippen molar-refractivity contribution in [3.8, 4) is 0 Å². The fraction of sp³-hybridized carbons (Fsp3) is 0.125. The van der Waals surface area contributed by atoms with Crippen molar-refractivity contribution in [3.05, 3.63) is 48.5 Å². The Balaban J connectivity index is 2.03. The average Bonchev–Trinajstić information content (AvgIpc) is 2.45. The minimum atomic E-state index is -0.715. The molecule has 0 bridgehead atoms. The van der Waals surface area contributed by atoms with E-state index in [-0.39, 0.29) is 6.42 Å². The molecule has 1 aromatic heterocycles. The topological polar surface area (TPSA) is 50.2 Å². The van der Waals surface area contributed by atoms with Gasteiger partial charge in [0.05, 0.1) is 0 Å². The third-order valence-corrected chi connectivity index (χ3v) is 5.90. The van der Waals surface area contributed by atoms with Crippen LogP contribution >= 0.6 is 0 Å². The van der Waals surface area contributed by atoms with Gasteiger partial charge in [0.25, 0.3) is 0 Å². The van der Waals surface area contributed by atoms with E-state index in [0.29, 0.717) is 0 Å². The zero-order chi connectivity index (χ0) is 13.9. The van der Waals surface area contributed by atoms with Gasteiger partial charge >= 0.3 is 123 Å². The van der Waals surface area contributed by atoms with Crippen molar-refractivity contribution in [2.45, 2.75) is 11.6 Å². The van der Waals surface area contributed by atoms with E-state index in [9.17, 15) is 4.79 Å². The maximum atomic E-state index is 10.6. The fourth-order valence-electron chi connectivity index (χ4n) is 2.25. The van der Waals surface area contributed by atoms with E-state index in [1.54, 1.807) is 0 Å². The number of hydrogen-bond donors (Lipinski definition) is 1. The Morgan fingerprint density at radius 3 is 2.75 bits per heavy atom. The second-order valence-corrected chi connectivity index (χ2v) is 7.55. The normalized spacial score (nSPS) is 11.6. The number of nitrogens with zero attached hydrogens (tertiary/aromatic N) is 1. The molecular weight excluding hydrogens is 313 g/mol. The van der Waals surface area contributed by atoms with Crippen LogP contribution in [-0.2, 0) is 4.79 Å². The molecule has 0 radical (unpaired) electrons. The summed E-state index contributed by atoms with van der Waals surface area (Å²) < 4.78 is 1.24. The fourth-order valence-corrected chi connectivity index (χ4v) is 4.75. The summed E-state index contributed by atoms with van der Waals surface area (Å²) in [6, 6.07) is 16.4. The first-order chi connectivity index (χ1) is 9.74. The molecule has 0 fully saturated rings. The molecule has 0 saturated heterocycles. The van der Waals surface area contributed by atoms with Gasteiger partial charge in [0, 0.05) is 0 Å². The summed E-state index contributed by atoms with van der Waals surface area (Å²) in [4.78, 5) is 15.4. The SMILES string of the molecule is O=C(O)CC[AsH]c1cccc2cc3ccccc3nc12. The number of hydrogen-bond acceptors (Lipinski definition) is 2. The maximum absolute atomic E-state index is 10.6. The number of pyridine rings is 1. The zero-order valence-electron chi connectivity index (χ0n) is 10.8. The molecule has 0 aliphatic carbocycles. The Morgan fingerprint density at radius 2 is 1.90 bits per heavy atom. The van der Waals surface area contributed by atoms with Crippen molar-refractivity contribution < 1.29 is 9.90 Å². The van der Waals surface area contributed by atoms with E-state index < -0.39 is 21.7 Å². The van der Waals surface area contributed by atoms with Gasteiger partial charge in [-0.3, -0.25) is 0 Å². The van der Waals surface area contributed by atoms with Crippen LogP contribution in [0, 0.1) is 0 Å². The summed E-state index contributed by atoms with van der Waals surface area (Å²) in [6.45, 7) is 0. The minimum absolute atomic E-state index is 0.254. The summed E-state index contributed by atoms with van der Waals surface area (Å²) >= 11 is -0.453. The van der Waals surface area contributed by atoms with Crippen LogP contribution < -0.4 is 4.35 Å². The second-order valence-electron chi connectivity index (χ2n) is 4.63. The van der Waals surface area contributed by atoms with Gasteiger partial charge in [-0.25, -0.2) is 0 Å². The first-order valence-electron chi connectivity index (χ1n) is 6.48. The number of rotatable bonds is 4. The molecule has 3 rings (SSSR count). The average molecular weight is 327 g/mol. The van der Waals surface area contributed by atoms with Gasteiger partial charge < -0.3 is 0 Å². The molecule has 100 valence electrons. The van der Waals surface area contributed by atoms with Crippen LogP contribution in [0.2, 0.25) is 5.21 Å². The Morgan fingerprint density at radius 1 is 1.10 bits per heavy atom. The molecule has 2 aromatic carbocycles. The predicted molar refractivity (Wildman–Crippen MR) is 83.1 cm³/mol. The van der Waals surface area contributed by atoms with E-state index >= 15 is 0 Å². The van der Waals surface area contributed by atoms with Crippen LogP contribution in [0.4, 0.5) is 0 Å². The van der Waals surface area contributed by atoms with Gasteiger partial charge in [-0.15, -0.1) is 0 Å². The van der Waals surface area contributed by atoms with Gasteiger partial charge in [0.2, 0.25) is 0 Å². The van der Waals surface area contributed by atoms with Crippen LogP contribution in [-0.4, -0.2) is 31.8 Å². The Bertz CT molecular complexity index is 786. The number of carbonyl (C=O) groups is 1. The summed E-state index contributed by atoms with van der Waals surface area (Å²) in [6.07, 6.45) is 0.254. The molecule has 1 atom stereocenters. The Labute approximate surface area is 123 Å². The molecule has 4 heteroatoms. The Kier molecular flexibility index (Phi) is 3.70. The number of aromatic nitrogens is 1. The summed E-state index contributed by atoms with van der Waals surface area (Å²) in [5.74, 6) is -0.715. The van der Waals surface area contributed by atoms with Gasteiger partial charge in [-0.1, -0.05) is 0 Å². The van der Waals surface area contributed by atoms with Gasteiger partial charge in [-0.2, -0.15) is 0 Å². The van der Waals surface area contributed by atoms with Crippen LogP contribution in [0.1, 0.15) is 6.42 Å². The summed E-state index contributed by atoms with van der Waals surface area (Å²) in [7, 11) is 0. The number of fused-ring (bicyclic) bond motifs is 2. The van der Waals surface area contributed by atoms with Gasteiger partial charge in [-0.05, 0) is 0 Å². The summed E-state index contributed by atoms with van der Waals surface area (Å²) in [5, 5.41) is 11.8. The van der Waals surface area contributed by atoms with E-state index in [4.69, 9.17) is 10.1 Å². The van der Waals surface area contributed by atoms with E-state index in [0.717, 1.165) is 27.0 Å². The van der Waals surface area contributed by atoms with Gasteiger partial charge in [0.15, 0.2) is 0 Å². The molecule has 0 spiro atoms. The van der Waals surface area contributed by atoms with Crippen LogP contribution in [0.15, 0.2) is 48.5 Å². The van der Waals surface area contributed by atoms with Crippen LogP contribution in [0.25, 0.3) is 21.8 Å². The van der Waals surface area contributed by atoms with E-state index in [2.05, 4.69) is 24.3 Å². The number of carboxylic acid groups (broad SMARTS) is 1. The molecule has 20 heavy (non-hydrogen) atoms. The molecular formula is C16H14AsNO2. The number of para-hydroxylation sites is 2. The third kappa shape index (κ3) is 2.68. The number of carboxylic acids is 1. The van der Waals surface area contributed by atoms with Crippen molar-refractivity contribution >= 4 is 47.9 Å². The first kappa shape index (κ1) is 13.1. The second kappa shape index (κ2) is 5.64. The molecule has 1 heterocycles. The first-order valence-corrected chi connectivity index (χ1v) is 9.01. The van der Waals surface area contributed by atoms with Crippen molar-refractivity contribution in [3.63, 3.8) is 0 Å². The number of aliphatic carboxylic acids is 1. The molecule has 0 amide bonds. The van der Waals surface area contributed by atoms with Crippen molar-refractivity contribution in [1.82, 2.24) is 4.98 Å². The van der Waals surface area contributed by atoms with Crippen molar-refractivity contribution in [2.24, 2.45) is 0 Å². The number of benzene rings is 2. The Hall–Kier alpha value is -1.86. The molecule has 0 saturated carbocycles. The van der Waals surface area contributed by atoms with Crippen molar-refractivity contribution in [2.75, 3.05) is 0 Å². The molecule has 1 N–H and O–H groups in total.